The lowest BCUT2D eigenvalue weighted by atomic mass is 9.86. The highest BCUT2D eigenvalue weighted by Gasteiger charge is 2.32. The molecule has 206 valence electrons. The Kier molecular flexibility index (Phi) is 14.5. The Balaban J connectivity index is 2.88. The van der Waals surface area contributed by atoms with Gasteiger partial charge in [0.25, 0.3) is 0 Å². The molecule has 0 aromatic heterocycles. The SMILES string of the molecule is C=CCCC[C@H](Cc1ccccc1)C(=O)OC[C@@H](NC(=O)[C@@H](CC=C)CC(=O)N[C@@H](C)CO)C(C)(C)C. The van der Waals surface area contributed by atoms with Crippen LogP contribution in [0, 0.1) is 17.3 Å². The number of esters is 1. The van der Waals surface area contributed by atoms with Crippen molar-refractivity contribution in [3.05, 3.63) is 61.2 Å². The lowest BCUT2D eigenvalue weighted by Gasteiger charge is -2.32. The fourth-order valence-corrected chi connectivity index (χ4v) is 3.88. The van der Waals surface area contributed by atoms with E-state index in [1.807, 2.05) is 57.2 Å². The van der Waals surface area contributed by atoms with E-state index in [0.29, 0.717) is 19.3 Å². The molecule has 0 saturated carbocycles. The fourth-order valence-electron chi connectivity index (χ4n) is 3.88. The second-order valence-electron chi connectivity index (χ2n) is 10.7. The van der Waals surface area contributed by atoms with Crippen molar-refractivity contribution >= 4 is 17.8 Å². The van der Waals surface area contributed by atoms with Crippen LogP contribution >= 0.6 is 0 Å². The molecule has 0 fully saturated rings. The van der Waals surface area contributed by atoms with E-state index < -0.39 is 18.0 Å². The molecule has 0 unspecified atom stereocenters. The van der Waals surface area contributed by atoms with Crippen molar-refractivity contribution in [2.24, 2.45) is 17.3 Å². The Labute approximate surface area is 222 Å². The third-order valence-electron chi connectivity index (χ3n) is 6.31. The van der Waals surface area contributed by atoms with Crippen LogP contribution in [0.2, 0.25) is 0 Å². The molecule has 1 aromatic rings. The molecule has 7 heteroatoms. The number of allylic oxidation sites excluding steroid dienone is 2. The van der Waals surface area contributed by atoms with Crippen molar-refractivity contribution in [3.63, 3.8) is 0 Å². The van der Waals surface area contributed by atoms with Crippen LogP contribution in [0.1, 0.15) is 65.4 Å². The Morgan fingerprint density at radius 1 is 1.05 bits per heavy atom. The number of hydrogen-bond acceptors (Lipinski definition) is 5. The largest absolute Gasteiger partial charge is 0.463 e. The number of benzene rings is 1. The quantitative estimate of drug-likeness (QED) is 0.163. The first-order valence-electron chi connectivity index (χ1n) is 13.1. The zero-order valence-electron chi connectivity index (χ0n) is 23.0. The molecule has 4 atom stereocenters. The van der Waals surface area contributed by atoms with Gasteiger partial charge < -0.3 is 20.5 Å². The van der Waals surface area contributed by atoms with E-state index in [4.69, 9.17) is 9.84 Å². The molecule has 0 aliphatic carbocycles. The molecule has 0 spiro atoms. The van der Waals surface area contributed by atoms with Gasteiger partial charge in [0.05, 0.1) is 24.5 Å². The number of carbonyl (C=O) groups is 3. The minimum Gasteiger partial charge on any atom is -0.463 e. The average Bonchev–Trinajstić information content (AvgIpc) is 2.85. The molecule has 0 radical (unpaired) electrons. The molecule has 2 amide bonds. The van der Waals surface area contributed by atoms with Gasteiger partial charge in [0.2, 0.25) is 11.8 Å². The molecular weight excluding hydrogens is 468 g/mol. The van der Waals surface area contributed by atoms with Crippen LogP contribution in [0.15, 0.2) is 55.6 Å². The van der Waals surface area contributed by atoms with E-state index in [-0.39, 0.29) is 48.8 Å². The van der Waals surface area contributed by atoms with Crippen LogP contribution in [0.4, 0.5) is 0 Å². The number of carbonyl (C=O) groups excluding carboxylic acids is 3. The van der Waals surface area contributed by atoms with Crippen molar-refractivity contribution in [2.45, 2.75) is 78.3 Å². The number of nitrogens with one attached hydrogen (secondary N) is 2. The first-order valence-corrected chi connectivity index (χ1v) is 13.1. The fraction of sp³-hybridized carbons (Fsp3) is 0.567. The summed E-state index contributed by atoms with van der Waals surface area (Å²) in [6, 6.07) is 9.03. The number of hydrogen-bond donors (Lipinski definition) is 3. The number of aliphatic hydroxyl groups excluding tert-OH is 1. The van der Waals surface area contributed by atoms with Gasteiger partial charge in [0.15, 0.2) is 0 Å². The lowest BCUT2D eigenvalue weighted by Crippen LogP contribution is -2.50. The number of ether oxygens (including phenoxy) is 1. The molecule has 0 bridgehead atoms. The summed E-state index contributed by atoms with van der Waals surface area (Å²) in [5.74, 6) is -1.80. The van der Waals surface area contributed by atoms with Crippen molar-refractivity contribution in [1.29, 1.82) is 0 Å². The van der Waals surface area contributed by atoms with Gasteiger partial charge >= 0.3 is 5.97 Å². The molecule has 0 saturated heterocycles. The van der Waals surface area contributed by atoms with E-state index in [1.165, 1.54) is 0 Å². The van der Waals surface area contributed by atoms with Gasteiger partial charge in [-0.05, 0) is 50.0 Å². The van der Waals surface area contributed by atoms with Gasteiger partial charge in [0, 0.05) is 12.5 Å². The monoisotopic (exact) mass is 514 g/mol. The van der Waals surface area contributed by atoms with E-state index in [2.05, 4.69) is 23.8 Å². The standard InChI is InChI=1S/C30H46N2O5/c1-7-9-11-17-25(18-23-15-12-10-13-16-23)29(36)37-21-26(30(4,5)6)32-28(35)24(14-8-2)19-27(34)31-22(3)20-33/h7-8,10,12-13,15-16,22,24-26,33H,1-2,9,11,14,17-21H2,3-6H3,(H,31,34)(H,32,35)/t22-,24-,25+,26+/m0/s1. The Hall–Kier alpha value is -2.93. The van der Waals surface area contributed by atoms with Gasteiger partial charge in [-0.15, -0.1) is 13.2 Å². The minimum atomic E-state index is -0.617. The highest BCUT2D eigenvalue weighted by molar-refractivity contribution is 5.86. The molecule has 3 N–H and O–H groups in total. The molecule has 0 heterocycles. The third-order valence-corrected chi connectivity index (χ3v) is 6.31. The van der Waals surface area contributed by atoms with E-state index in [1.54, 1.807) is 13.0 Å². The Morgan fingerprint density at radius 2 is 1.73 bits per heavy atom. The van der Waals surface area contributed by atoms with Crippen LogP contribution in [0.5, 0.6) is 0 Å². The van der Waals surface area contributed by atoms with Crippen LogP contribution in [0.3, 0.4) is 0 Å². The highest BCUT2D eigenvalue weighted by Crippen LogP contribution is 2.23. The summed E-state index contributed by atoms with van der Waals surface area (Å²) in [5, 5.41) is 14.8. The Morgan fingerprint density at radius 3 is 2.30 bits per heavy atom. The number of amides is 2. The van der Waals surface area contributed by atoms with Gasteiger partial charge in [-0.1, -0.05) is 63.3 Å². The summed E-state index contributed by atoms with van der Waals surface area (Å²) in [6.07, 6.45) is 6.70. The van der Waals surface area contributed by atoms with Gasteiger partial charge in [-0.2, -0.15) is 0 Å². The van der Waals surface area contributed by atoms with Crippen molar-refractivity contribution in [3.8, 4) is 0 Å². The maximum atomic E-state index is 13.1. The predicted octanol–water partition coefficient (Wildman–Crippen LogP) is 4.36. The van der Waals surface area contributed by atoms with Gasteiger partial charge in [0.1, 0.15) is 6.61 Å². The van der Waals surface area contributed by atoms with Crippen molar-refractivity contribution in [2.75, 3.05) is 13.2 Å². The minimum absolute atomic E-state index is 0.0265. The summed E-state index contributed by atoms with van der Waals surface area (Å²) in [4.78, 5) is 38.6. The van der Waals surface area contributed by atoms with Crippen LogP contribution in [0.25, 0.3) is 0 Å². The summed E-state index contributed by atoms with van der Waals surface area (Å²) in [5.41, 5.74) is 0.685. The maximum absolute atomic E-state index is 13.1. The summed E-state index contributed by atoms with van der Waals surface area (Å²) < 4.78 is 5.78. The molecule has 1 rings (SSSR count). The molecular formula is C30H46N2O5. The maximum Gasteiger partial charge on any atom is 0.309 e. The molecule has 7 nitrogen and oxygen atoms in total. The smallest absolute Gasteiger partial charge is 0.309 e. The summed E-state index contributed by atoms with van der Waals surface area (Å²) in [6.45, 7) is 14.9. The lowest BCUT2D eigenvalue weighted by molar-refractivity contribution is -0.151. The molecule has 37 heavy (non-hydrogen) atoms. The van der Waals surface area contributed by atoms with Crippen molar-refractivity contribution in [1.82, 2.24) is 10.6 Å². The van der Waals surface area contributed by atoms with E-state index >= 15 is 0 Å². The zero-order valence-corrected chi connectivity index (χ0v) is 23.0. The van der Waals surface area contributed by atoms with Gasteiger partial charge in [-0.25, -0.2) is 0 Å². The predicted molar refractivity (Wildman–Crippen MR) is 148 cm³/mol. The summed E-state index contributed by atoms with van der Waals surface area (Å²) in [7, 11) is 0. The van der Waals surface area contributed by atoms with Crippen LogP contribution in [-0.2, 0) is 25.5 Å². The molecule has 1 aromatic carbocycles. The van der Waals surface area contributed by atoms with Gasteiger partial charge in [-0.3, -0.25) is 14.4 Å². The zero-order chi connectivity index (χ0) is 27.8. The second-order valence-corrected chi connectivity index (χ2v) is 10.7. The van der Waals surface area contributed by atoms with E-state index in [9.17, 15) is 14.4 Å². The third kappa shape index (κ3) is 12.7. The van der Waals surface area contributed by atoms with Crippen LogP contribution in [-0.4, -0.2) is 48.2 Å². The van der Waals surface area contributed by atoms with Crippen LogP contribution < -0.4 is 10.6 Å². The molecule has 0 aliphatic heterocycles. The number of unbranched alkanes of at least 4 members (excludes halogenated alkanes) is 1. The Bertz CT molecular complexity index is 862. The number of aliphatic hydroxyl groups is 1. The normalized spacial score (nSPS) is 14.5. The summed E-state index contributed by atoms with van der Waals surface area (Å²) >= 11 is 0. The number of rotatable bonds is 17. The van der Waals surface area contributed by atoms with Crippen molar-refractivity contribution < 1.29 is 24.2 Å². The molecule has 0 aliphatic rings. The topological polar surface area (TPSA) is 105 Å². The first kappa shape index (κ1) is 32.1. The average molecular weight is 515 g/mol. The highest BCUT2D eigenvalue weighted by atomic mass is 16.5. The van der Waals surface area contributed by atoms with E-state index in [0.717, 1.165) is 18.4 Å². The second kappa shape index (κ2) is 16.7. The first-order chi connectivity index (χ1) is 17.5.